The third-order valence-corrected chi connectivity index (χ3v) is 12.5. The second-order valence-corrected chi connectivity index (χ2v) is 15.7. The Kier molecular flexibility index (Phi) is 10.6. The summed E-state index contributed by atoms with van der Waals surface area (Å²) >= 11 is 0. The van der Waals surface area contributed by atoms with Gasteiger partial charge in [-0.1, -0.05) is 99.1 Å². The SMILES string of the molecule is Cc1ccc(S(=O)(=O)OCCOCCOCCO[Si](c2ccccc2)(c2ccccc2)C(C)(C)C)cc1. The topological polar surface area (TPSA) is 71.1 Å². The van der Waals surface area contributed by atoms with E-state index in [1.807, 2.05) is 19.1 Å². The van der Waals surface area contributed by atoms with Crippen molar-refractivity contribution in [3.8, 4) is 0 Å². The molecule has 0 aliphatic carbocycles. The van der Waals surface area contributed by atoms with E-state index in [0.29, 0.717) is 26.4 Å². The first-order valence-electron chi connectivity index (χ1n) is 12.5. The minimum absolute atomic E-state index is 0.0484. The van der Waals surface area contributed by atoms with E-state index in [1.165, 1.54) is 22.5 Å². The first-order valence-corrected chi connectivity index (χ1v) is 15.8. The van der Waals surface area contributed by atoms with Crippen LogP contribution in [0.25, 0.3) is 0 Å². The van der Waals surface area contributed by atoms with E-state index >= 15 is 0 Å². The van der Waals surface area contributed by atoms with Crippen LogP contribution in [0.1, 0.15) is 26.3 Å². The maximum Gasteiger partial charge on any atom is 0.297 e. The Balaban J connectivity index is 1.44. The number of hydrogen-bond donors (Lipinski definition) is 0. The summed E-state index contributed by atoms with van der Waals surface area (Å²) in [6.07, 6.45) is 0. The molecule has 0 aliphatic rings. The smallest absolute Gasteiger partial charge is 0.297 e. The van der Waals surface area contributed by atoms with Gasteiger partial charge in [-0.2, -0.15) is 8.42 Å². The second kappa shape index (κ2) is 13.5. The lowest BCUT2D eigenvalue weighted by Gasteiger charge is -2.43. The van der Waals surface area contributed by atoms with Gasteiger partial charge >= 0.3 is 0 Å². The summed E-state index contributed by atoms with van der Waals surface area (Å²) in [5.74, 6) is 0. The molecular formula is C29H38O6SSi. The van der Waals surface area contributed by atoms with Crippen molar-refractivity contribution in [2.24, 2.45) is 0 Å². The first-order chi connectivity index (χ1) is 17.7. The molecule has 3 aromatic carbocycles. The number of aryl methyl sites for hydroxylation is 1. The summed E-state index contributed by atoms with van der Waals surface area (Å²) in [4.78, 5) is 0.141. The minimum atomic E-state index is -3.78. The van der Waals surface area contributed by atoms with Crippen molar-refractivity contribution in [3.05, 3.63) is 90.5 Å². The van der Waals surface area contributed by atoms with E-state index in [4.69, 9.17) is 18.1 Å². The van der Waals surface area contributed by atoms with Crippen molar-refractivity contribution < 1.29 is 26.5 Å². The van der Waals surface area contributed by atoms with Crippen LogP contribution in [0.4, 0.5) is 0 Å². The van der Waals surface area contributed by atoms with Crippen molar-refractivity contribution in [1.82, 2.24) is 0 Å². The van der Waals surface area contributed by atoms with Crippen molar-refractivity contribution in [1.29, 1.82) is 0 Å². The van der Waals surface area contributed by atoms with Crippen LogP contribution in [0.5, 0.6) is 0 Å². The maximum atomic E-state index is 12.2. The highest BCUT2D eigenvalue weighted by atomic mass is 32.2. The highest BCUT2D eigenvalue weighted by molar-refractivity contribution is 7.86. The van der Waals surface area contributed by atoms with Crippen LogP contribution in [0.3, 0.4) is 0 Å². The van der Waals surface area contributed by atoms with Crippen LogP contribution in [0, 0.1) is 6.92 Å². The van der Waals surface area contributed by atoms with Gasteiger partial charge in [-0.15, -0.1) is 0 Å². The van der Waals surface area contributed by atoms with Gasteiger partial charge < -0.3 is 13.9 Å². The highest BCUT2D eigenvalue weighted by Crippen LogP contribution is 2.36. The monoisotopic (exact) mass is 542 g/mol. The standard InChI is InChI=1S/C29H38O6SSi/c1-25-15-17-26(18-16-25)36(30,31)34-23-21-32-19-20-33-22-24-35-37(29(2,3)4,27-11-7-5-8-12-27)28-13-9-6-10-14-28/h5-18H,19-24H2,1-4H3. The lowest BCUT2D eigenvalue weighted by Crippen LogP contribution is -2.66. The number of rotatable bonds is 14. The molecule has 0 heterocycles. The molecule has 0 fully saturated rings. The van der Waals surface area contributed by atoms with Crippen LogP contribution in [0.15, 0.2) is 89.8 Å². The predicted octanol–water partition coefficient (Wildman–Crippen LogP) is 4.31. The van der Waals surface area contributed by atoms with Crippen LogP contribution < -0.4 is 10.4 Å². The van der Waals surface area contributed by atoms with Crippen molar-refractivity contribution >= 4 is 28.8 Å². The van der Waals surface area contributed by atoms with Crippen LogP contribution in [0.2, 0.25) is 5.04 Å². The van der Waals surface area contributed by atoms with E-state index in [-0.39, 0.29) is 23.1 Å². The number of ether oxygens (including phenoxy) is 2. The summed E-state index contributed by atoms with van der Waals surface area (Å²) in [7, 11) is -6.35. The fourth-order valence-corrected chi connectivity index (χ4v) is 9.75. The van der Waals surface area contributed by atoms with Gasteiger partial charge in [0.25, 0.3) is 18.4 Å². The molecule has 0 spiro atoms. The van der Waals surface area contributed by atoms with E-state index in [9.17, 15) is 8.42 Å². The Morgan fingerprint density at radius 3 is 1.59 bits per heavy atom. The van der Waals surface area contributed by atoms with E-state index in [0.717, 1.165) is 5.56 Å². The van der Waals surface area contributed by atoms with Crippen molar-refractivity contribution in [3.63, 3.8) is 0 Å². The molecule has 0 saturated heterocycles. The van der Waals surface area contributed by atoms with E-state index in [1.54, 1.807) is 12.1 Å². The van der Waals surface area contributed by atoms with E-state index in [2.05, 4.69) is 69.3 Å². The molecule has 3 rings (SSSR count). The number of hydrogen-bond acceptors (Lipinski definition) is 6. The molecule has 0 saturated carbocycles. The summed E-state index contributed by atoms with van der Waals surface area (Å²) < 4.78 is 47.4. The molecule has 8 heteroatoms. The average Bonchev–Trinajstić information content (AvgIpc) is 2.88. The molecule has 0 aromatic heterocycles. The molecule has 3 aromatic rings. The minimum Gasteiger partial charge on any atom is -0.405 e. The van der Waals surface area contributed by atoms with Gasteiger partial charge in [0.15, 0.2) is 0 Å². The van der Waals surface area contributed by atoms with Gasteiger partial charge in [0.05, 0.1) is 44.5 Å². The Hall–Kier alpha value is -2.33. The zero-order chi connectivity index (χ0) is 26.8. The molecule has 6 nitrogen and oxygen atoms in total. The van der Waals surface area contributed by atoms with Gasteiger partial charge in [0.1, 0.15) is 0 Å². The van der Waals surface area contributed by atoms with E-state index < -0.39 is 18.4 Å². The number of benzene rings is 3. The normalized spacial score (nSPS) is 12.5. The molecule has 0 radical (unpaired) electrons. The summed E-state index contributed by atoms with van der Waals surface area (Å²) in [6.45, 7) is 10.4. The van der Waals surface area contributed by atoms with Gasteiger partial charge in [0, 0.05) is 0 Å². The fraction of sp³-hybridized carbons (Fsp3) is 0.379. The van der Waals surface area contributed by atoms with Crippen LogP contribution >= 0.6 is 0 Å². The van der Waals surface area contributed by atoms with Gasteiger partial charge in [-0.25, -0.2) is 0 Å². The Morgan fingerprint density at radius 1 is 0.649 bits per heavy atom. The maximum absolute atomic E-state index is 12.2. The quantitative estimate of drug-likeness (QED) is 0.172. The Bertz CT molecular complexity index is 1140. The zero-order valence-corrected chi connectivity index (χ0v) is 24.0. The summed E-state index contributed by atoms with van der Waals surface area (Å²) in [6, 6.07) is 27.5. The predicted molar refractivity (Wildman–Crippen MR) is 150 cm³/mol. The third kappa shape index (κ3) is 7.83. The molecular weight excluding hydrogens is 504 g/mol. The summed E-state index contributed by atoms with van der Waals surface area (Å²) in [5.41, 5.74) is 0.985. The first kappa shape index (κ1) is 29.2. The van der Waals surface area contributed by atoms with Crippen molar-refractivity contribution in [2.75, 3.05) is 39.6 Å². The Labute approximate surface area is 222 Å². The molecule has 0 N–H and O–H groups in total. The lowest BCUT2D eigenvalue weighted by atomic mass is 10.2. The van der Waals surface area contributed by atoms with Gasteiger partial charge in [0.2, 0.25) is 0 Å². The van der Waals surface area contributed by atoms with Crippen LogP contribution in [-0.4, -0.2) is 56.4 Å². The average molecular weight is 543 g/mol. The van der Waals surface area contributed by atoms with Gasteiger partial charge in [-0.05, 0) is 34.5 Å². The lowest BCUT2D eigenvalue weighted by molar-refractivity contribution is 0.0270. The molecule has 0 atom stereocenters. The van der Waals surface area contributed by atoms with Gasteiger partial charge in [-0.3, -0.25) is 4.18 Å². The molecule has 0 bridgehead atoms. The molecule has 200 valence electrons. The molecule has 37 heavy (non-hydrogen) atoms. The third-order valence-electron chi connectivity index (χ3n) is 6.11. The summed E-state index contributed by atoms with van der Waals surface area (Å²) in [5, 5.41) is 2.38. The molecule has 0 unspecified atom stereocenters. The highest BCUT2D eigenvalue weighted by Gasteiger charge is 2.49. The Morgan fingerprint density at radius 2 is 1.11 bits per heavy atom. The molecule has 0 amide bonds. The molecule has 0 aliphatic heterocycles. The largest absolute Gasteiger partial charge is 0.405 e. The second-order valence-electron chi connectivity index (χ2n) is 9.83. The van der Waals surface area contributed by atoms with Crippen LogP contribution in [-0.2, 0) is 28.2 Å². The zero-order valence-electron chi connectivity index (χ0n) is 22.2. The van der Waals surface area contributed by atoms with Crippen molar-refractivity contribution in [2.45, 2.75) is 37.6 Å². The fourth-order valence-electron chi connectivity index (χ4n) is 4.31.